The third-order valence-corrected chi connectivity index (χ3v) is 15.2. The monoisotopic (exact) mass is 558 g/mol. The summed E-state index contributed by atoms with van der Waals surface area (Å²) in [5.41, 5.74) is 9.10. The fraction of sp³-hybridized carbons (Fsp3) is 0.385. The van der Waals surface area contributed by atoms with E-state index in [1.54, 1.807) is 77.0 Å². The fourth-order valence-corrected chi connectivity index (χ4v) is 14.1. The molecule has 3 aliphatic rings. The van der Waals surface area contributed by atoms with Gasteiger partial charge < -0.3 is 0 Å². The van der Waals surface area contributed by atoms with E-state index < -0.39 is 6.15 Å². The SMILES string of the molecule is C1CCC([PH+](C2CCCC2)C2CCCC2)C1.c1ccc([B-](c2ccccc2)(c2ccccc2)c2ccccc2)cc1. The molecule has 4 aromatic rings. The Morgan fingerprint density at radius 3 is 0.780 bits per heavy atom. The van der Waals surface area contributed by atoms with Crippen LogP contribution < -0.4 is 21.9 Å². The van der Waals surface area contributed by atoms with Crippen LogP contribution in [-0.4, -0.2) is 23.1 Å². The van der Waals surface area contributed by atoms with E-state index in [-0.39, 0.29) is 7.92 Å². The largest absolute Gasteiger partial charge is 0.195 e. The second kappa shape index (κ2) is 14.0. The Bertz CT molecular complexity index is 1090. The van der Waals surface area contributed by atoms with Gasteiger partial charge in [-0.05, 0) is 77.0 Å². The lowest BCUT2D eigenvalue weighted by Gasteiger charge is -2.44. The lowest BCUT2D eigenvalue weighted by molar-refractivity contribution is 0.775. The van der Waals surface area contributed by atoms with Gasteiger partial charge in [0.25, 0.3) is 0 Å². The smallest absolute Gasteiger partial charge is 0.108 e. The summed E-state index contributed by atoms with van der Waals surface area (Å²) in [4.78, 5) is 0. The third kappa shape index (κ3) is 6.27. The van der Waals surface area contributed by atoms with Crippen molar-refractivity contribution in [3.8, 4) is 0 Å². The number of rotatable bonds is 7. The van der Waals surface area contributed by atoms with Gasteiger partial charge in [-0.1, -0.05) is 121 Å². The summed E-state index contributed by atoms with van der Waals surface area (Å²) in [6, 6.07) is 43.5. The van der Waals surface area contributed by atoms with Crippen molar-refractivity contribution in [1.82, 2.24) is 0 Å². The zero-order valence-corrected chi connectivity index (χ0v) is 25.8. The molecule has 7 rings (SSSR count). The Hall–Kier alpha value is -2.63. The van der Waals surface area contributed by atoms with Crippen LogP contribution in [0.5, 0.6) is 0 Å². The van der Waals surface area contributed by atoms with Gasteiger partial charge in [-0.15, -0.1) is 0 Å². The van der Waals surface area contributed by atoms with Crippen LogP contribution in [0.4, 0.5) is 0 Å². The van der Waals surface area contributed by atoms with Crippen molar-refractivity contribution in [3.05, 3.63) is 121 Å². The molecule has 0 amide bonds. The summed E-state index contributed by atoms with van der Waals surface area (Å²) in [6.45, 7) is 0. The van der Waals surface area contributed by atoms with Crippen molar-refractivity contribution in [1.29, 1.82) is 0 Å². The highest BCUT2D eigenvalue weighted by atomic mass is 31.1. The van der Waals surface area contributed by atoms with Crippen molar-refractivity contribution >= 4 is 35.9 Å². The third-order valence-electron chi connectivity index (χ3n) is 10.7. The molecule has 2 heteroatoms. The molecular weight excluding hydrogens is 510 g/mol. The van der Waals surface area contributed by atoms with E-state index in [9.17, 15) is 0 Å². The van der Waals surface area contributed by atoms with Crippen LogP contribution in [0, 0.1) is 0 Å². The average Bonchev–Trinajstić information content (AvgIpc) is 3.87. The van der Waals surface area contributed by atoms with Gasteiger partial charge in [-0.2, -0.15) is 21.9 Å². The molecule has 0 unspecified atom stereocenters. The number of hydrogen-bond acceptors (Lipinski definition) is 0. The average molecular weight is 559 g/mol. The lowest BCUT2D eigenvalue weighted by atomic mass is 9.13. The Morgan fingerprint density at radius 2 is 0.561 bits per heavy atom. The van der Waals surface area contributed by atoms with Crippen molar-refractivity contribution in [2.75, 3.05) is 0 Å². The minimum atomic E-state index is -1.22. The predicted octanol–water partition coefficient (Wildman–Crippen LogP) is 8.09. The van der Waals surface area contributed by atoms with Gasteiger partial charge in [0.1, 0.15) is 6.15 Å². The van der Waals surface area contributed by atoms with Crippen molar-refractivity contribution in [2.24, 2.45) is 0 Å². The number of benzene rings is 4. The first-order valence-corrected chi connectivity index (χ1v) is 18.3. The Kier molecular flexibility index (Phi) is 9.75. The van der Waals surface area contributed by atoms with Gasteiger partial charge in [0.2, 0.25) is 0 Å². The lowest BCUT2D eigenvalue weighted by Crippen LogP contribution is -2.74. The van der Waals surface area contributed by atoms with E-state index >= 15 is 0 Å². The molecule has 0 bridgehead atoms. The quantitative estimate of drug-likeness (QED) is 0.159. The summed E-state index contributed by atoms with van der Waals surface area (Å²) in [5.74, 6) is 0. The molecule has 0 radical (unpaired) electrons. The topological polar surface area (TPSA) is 0 Å². The normalized spacial score (nSPS) is 18.5. The second-order valence-electron chi connectivity index (χ2n) is 13.0. The Labute approximate surface area is 250 Å². The van der Waals surface area contributed by atoms with Crippen LogP contribution in [-0.2, 0) is 0 Å². The Balaban J connectivity index is 0.000000162. The highest BCUT2D eigenvalue weighted by Crippen LogP contribution is 2.63. The van der Waals surface area contributed by atoms with Gasteiger partial charge in [0.15, 0.2) is 0 Å². The zero-order chi connectivity index (χ0) is 27.7. The van der Waals surface area contributed by atoms with Crippen LogP contribution in [0.15, 0.2) is 121 Å². The van der Waals surface area contributed by atoms with E-state index in [0.717, 1.165) is 0 Å². The summed E-state index contributed by atoms with van der Waals surface area (Å²) in [7, 11) is 0.0224. The molecule has 0 aromatic heterocycles. The van der Waals surface area contributed by atoms with Crippen molar-refractivity contribution in [3.63, 3.8) is 0 Å². The van der Waals surface area contributed by atoms with Crippen LogP contribution in [0.1, 0.15) is 77.0 Å². The molecule has 3 aliphatic carbocycles. The van der Waals surface area contributed by atoms with E-state index in [1.165, 1.54) is 38.8 Å². The van der Waals surface area contributed by atoms with E-state index in [0.29, 0.717) is 0 Å². The van der Waals surface area contributed by atoms with Gasteiger partial charge in [-0.25, -0.2) is 0 Å². The molecule has 4 aromatic carbocycles. The highest BCUT2D eigenvalue weighted by Gasteiger charge is 2.44. The first-order chi connectivity index (χ1) is 20.4. The van der Waals surface area contributed by atoms with Gasteiger partial charge in [0, 0.05) is 7.92 Å². The molecule has 0 heterocycles. The molecule has 0 N–H and O–H groups in total. The first-order valence-electron chi connectivity index (χ1n) is 16.6. The van der Waals surface area contributed by atoms with Crippen LogP contribution in [0.2, 0.25) is 0 Å². The molecule has 3 saturated carbocycles. The maximum absolute atomic E-state index is 2.26. The van der Waals surface area contributed by atoms with E-state index in [1.807, 2.05) is 0 Å². The predicted molar refractivity (Wildman–Crippen MR) is 185 cm³/mol. The summed E-state index contributed by atoms with van der Waals surface area (Å²) in [5, 5.41) is 0. The fourth-order valence-electron chi connectivity index (χ4n) is 8.90. The minimum Gasteiger partial charge on any atom is -0.195 e. The molecular formula is C39H48BP. The Morgan fingerprint density at radius 1 is 0.341 bits per heavy atom. The minimum absolute atomic E-state index is 0.0224. The summed E-state index contributed by atoms with van der Waals surface area (Å²) in [6.07, 6.45) is 17.9. The summed E-state index contributed by atoms with van der Waals surface area (Å²) >= 11 is 0. The molecule has 0 nitrogen and oxygen atoms in total. The number of hydrogen-bond donors (Lipinski definition) is 0. The maximum atomic E-state index is 2.26. The van der Waals surface area contributed by atoms with Crippen molar-refractivity contribution < 1.29 is 0 Å². The molecule has 0 aliphatic heterocycles. The second-order valence-corrected chi connectivity index (χ2v) is 16.4. The standard InChI is InChI=1S/C24H20B.C15H27P/c1-5-13-21(14-6-1)25(22-15-7-2-8-16-22,23-17-9-3-10-18-23)24-19-11-4-12-20-24;1-2-8-13(7-1)16(14-9-3-4-10-14)15-11-5-6-12-15/h1-20H;13-15H,1-12H2/q-1;/p+1. The molecule has 41 heavy (non-hydrogen) atoms. The molecule has 3 fully saturated rings. The summed E-state index contributed by atoms with van der Waals surface area (Å²) < 4.78 is 0. The van der Waals surface area contributed by atoms with Crippen molar-refractivity contribution in [2.45, 2.75) is 94.0 Å². The van der Waals surface area contributed by atoms with Gasteiger partial charge >= 0.3 is 0 Å². The van der Waals surface area contributed by atoms with Crippen LogP contribution >= 0.6 is 7.92 Å². The molecule has 0 atom stereocenters. The van der Waals surface area contributed by atoms with E-state index in [2.05, 4.69) is 121 Å². The molecule has 0 saturated heterocycles. The van der Waals surface area contributed by atoms with Crippen LogP contribution in [0.25, 0.3) is 0 Å². The molecule has 212 valence electrons. The van der Waals surface area contributed by atoms with Gasteiger partial charge in [-0.3, -0.25) is 0 Å². The van der Waals surface area contributed by atoms with E-state index in [4.69, 9.17) is 0 Å². The van der Waals surface area contributed by atoms with Crippen LogP contribution in [0.3, 0.4) is 0 Å². The first kappa shape index (κ1) is 28.5. The van der Waals surface area contributed by atoms with Gasteiger partial charge in [0.05, 0.1) is 17.0 Å². The maximum Gasteiger partial charge on any atom is 0.108 e. The molecule has 0 spiro atoms. The zero-order valence-electron chi connectivity index (χ0n) is 24.8. The highest BCUT2D eigenvalue weighted by molar-refractivity contribution is 7.60.